The molecule has 0 spiro atoms. The van der Waals surface area contributed by atoms with Crippen LogP contribution in [0.2, 0.25) is 10.0 Å². The van der Waals surface area contributed by atoms with Gasteiger partial charge < -0.3 is 10.6 Å². The fourth-order valence-corrected chi connectivity index (χ4v) is 2.78. The lowest BCUT2D eigenvalue weighted by Crippen LogP contribution is -2.37. The molecular formula is C17H17Cl2FN2S. The third-order valence-corrected chi connectivity index (χ3v) is 4.18. The highest BCUT2D eigenvalue weighted by Crippen LogP contribution is 2.20. The van der Waals surface area contributed by atoms with Crippen LogP contribution in [-0.2, 0) is 12.8 Å². The monoisotopic (exact) mass is 370 g/mol. The topological polar surface area (TPSA) is 24.1 Å². The van der Waals surface area contributed by atoms with Gasteiger partial charge in [-0.15, -0.1) is 0 Å². The molecule has 0 bridgehead atoms. The summed E-state index contributed by atoms with van der Waals surface area (Å²) in [6.07, 6.45) is 1.54. The second kappa shape index (κ2) is 9.06. The van der Waals surface area contributed by atoms with Gasteiger partial charge in [0.1, 0.15) is 5.82 Å². The molecule has 2 aromatic carbocycles. The zero-order valence-electron chi connectivity index (χ0n) is 12.4. The van der Waals surface area contributed by atoms with Gasteiger partial charge in [-0.1, -0.05) is 41.4 Å². The molecular weight excluding hydrogens is 354 g/mol. The molecule has 0 atom stereocenters. The molecule has 0 fully saturated rings. The van der Waals surface area contributed by atoms with Crippen LogP contribution in [0.4, 0.5) is 4.39 Å². The van der Waals surface area contributed by atoms with E-state index >= 15 is 0 Å². The number of hydrogen-bond donors (Lipinski definition) is 2. The van der Waals surface area contributed by atoms with Crippen LogP contribution in [-0.4, -0.2) is 18.2 Å². The summed E-state index contributed by atoms with van der Waals surface area (Å²) in [6, 6.07) is 11.9. The van der Waals surface area contributed by atoms with Crippen LogP contribution in [0.25, 0.3) is 0 Å². The Morgan fingerprint density at radius 3 is 2.26 bits per heavy atom. The van der Waals surface area contributed by atoms with Gasteiger partial charge in [0.25, 0.3) is 0 Å². The van der Waals surface area contributed by atoms with Crippen molar-refractivity contribution >= 4 is 40.5 Å². The molecule has 2 N–H and O–H groups in total. The van der Waals surface area contributed by atoms with Gasteiger partial charge >= 0.3 is 0 Å². The Hall–Kier alpha value is -1.36. The lowest BCUT2D eigenvalue weighted by Gasteiger charge is -2.11. The molecule has 2 aromatic rings. The highest BCUT2D eigenvalue weighted by atomic mass is 35.5. The number of benzene rings is 2. The van der Waals surface area contributed by atoms with Gasteiger partial charge in [-0.25, -0.2) is 4.39 Å². The smallest absolute Gasteiger partial charge is 0.166 e. The van der Waals surface area contributed by atoms with E-state index in [1.54, 1.807) is 18.2 Å². The van der Waals surface area contributed by atoms with Crippen molar-refractivity contribution in [1.82, 2.24) is 10.6 Å². The minimum Gasteiger partial charge on any atom is -0.362 e. The number of nitrogens with one attached hydrogen (secondary N) is 2. The third-order valence-electron chi connectivity index (χ3n) is 3.31. The Morgan fingerprint density at radius 2 is 1.61 bits per heavy atom. The van der Waals surface area contributed by atoms with E-state index in [1.807, 2.05) is 12.1 Å². The Kier molecular flexibility index (Phi) is 7.09. The molecule has 122 valence electrons. The summed E-state index contributed by atoms with van der Waals surface area (Å²) in [5, 5.41) is 8.15. The van der Waals surface area contributed by atoms with Crippen molar-refractivity contribution in [3.63, 3.8) is 0 Å². The molecule has 2 rings (SSSR count). The van der Waals surface area contributed by atoms with Crippen LogP contribution in [0.5, 0.6) is 0 Å². The molecule has 0 aromatic heterocycles. The number of halogens is 3. The van der Waals surface area contributed by atoms with Crippen LogP contribution in [0.3, 0.4) is 0 Å². The average Bonchev–Trinajstić information content (AvgIpc) is 2.51. The fourth-order valence-electron chi connectivity index (χ4n) is 2.07. The number of thiocarbonyl (C=S) groups is 1. The van der Waals surface area contributed by atoms with Gasteiger partial charge in [0.2, 0.25) is 0 Å². The lowest BCUT2D eigenvalue weighted by molar-refractivity contribution is 0.627. The molecule has 0 amide bonds. The Morgan fingerprint density at radius 1 is 0.957 bits per heavy atom. The van der Waals surface area contributed by atoms with Gasteiger partial charge in [-0.3, -0.25) is 0 Å². The lowest BCUT2D eigenvalue weighted by atomic mass is 10.1. The summed E-state index contributed by atoms with van der Waals surface area (Å²) in [6.45, 7) is 1.38. The van der Waals surface area contributed by atoms with Crippen molar-refractivity contribution in [3.8, 4) is 0 Å². The van der Waals surface area contributed by atoms with Gasteiger partial charge in [-0.05, 0) is 60.5 Å². The van der Waals surface area contributed by atoms with Crippen molar-refractivity contribution in [2.24, 2.45) is 0 Å². The van der Waals surface area contributed by atoms with E-state index in [0.717, 1.165) is 24.0 Å². The van der Waals surface area contributed by atoms with Gasteiger partial charge in [0, 0.05) is 23.1 Å². The number of rotatable bonds is 6. The standard InChI is InChI=1S/C17H17Cl2FN2S/c18-14-4-3-13(16(19)11-14)8-10-22-17(23)21-9-7-12-1-5-15(20)6-2-12/h1-6,11H,7-10H2,(H2,21,22,23). The molecule has 2 nitrogen and oxygen atoms in total. The van der Waals surface area contributed by atoms with Crippen LogP contribution < -0.4 is 10.6 Å². The molecule has 0 aliphatic rings. The largest absolute Gasteiger partial charge is 0.362 e. The van der Waals surface area contributed by atoms with Crippen molar-refractivity contribution in [2.75, 3.05) is 13.1 Å². The SMILES string of the molecule is Fc1ccc(CCNC(=S)NCCc2ccc(Cl)cc2Cl)cc1. The van der Waals surface area contributed by atoms with E-state index < -0.39 is 0 Å². The van der Waals surface area contributed by atoms with E-state index in [9.17, 15) is 4.39 Å². The maximum Gasteiger partial charge on any atom is 0.166 e. The molecule has 6 heteroatoms. The van der Waals surface area contributed by atoms with E-state index in [4.69, 9.17) is 35.4 Å². The Bertz CT molecular complexity index is 662. The first-order chi connectivity index (χ1) is 11.0. The van der Waals surface area contributed by atoms with Crippen LogP contribution in [0.15, 0.2) is 42.5 Å². The second-order valence-corrected chi connectivity index (χ2v) is 6.30. The van der Waals surface area contributed by atoms with Crippen molar-refractivity contribution in [3.05, 3.63) is 69.5 Å². The first kappa shape index (κ1) is 18.0. The number of hydrogen-bond acceptors (Lipinski definition) is 1. The van der Waals surface area contributed by atoms with E-state index in [0.29, 0.717) is 28.2 Å². The van der Waals surface area contributed by atoms with Crippen molar-refractivity contribution < 1.29 is 4.39 Å². The zero-order chi connectivity index (χ0) is 16.7. The van der Waals surface area contributed by atoms with Crippen molar-refractivity contribution in [2.45, 2.75) is 12.8 Å². The van der Waals surface area contributed by atoms with Crippen LogP contribution in [0.1, 0.15) is 11.1 Å². The molecule has 0 unspecified atom stereocenters. The average molecular weight is 371 g/mol. The zero-order valence-corrected chi connectivity index (χ0v) is 14.7. The van der Waals surface area contributed by atoms with Crippen LogP contribution >= 0.6 is 35.4 Å². The Labute approximate surface area is 151 Å². The summed E-state index contributed by atoms with van der Waals surface area (Å²) in [5.74, 6) is -0.222. The molecule has 0 heterocycles. The molecule has 0 aliphatic heterocycles. The summed E-state index contributed by atoms with van der Waals surface area (Å²) in [4.78, 5) is 0. The van der Waals surface area contributed by atoms with Gasteiger partial charge in [-0.2, -0.15) is 0 Å². The summed E-state index contributed by atoms with van der Waals surface area (Å²) in [5.41, 5.74) is 2.09. The maximum atomic E-state index is 12.8. The predicted octanol–water partition coefficient (Wildman–Crippen LogP) is 4.38. The molecule has 0 aliphatic carbocycles. The van der Waals surface area contributed by atoms with E-state index in [-0.39, 0.29) is 5.82 Å². The van der Waals surface area contributed by atoms with Gasteiger partial charge in [0.05, 0.1) is 0 Å². The first-order valence-corrected chi connectivity index (χ1v) is 8.41. The maximum absolute atomic E-state index is 12.8. The molecule has 0 radical (unpaired) electrons. The van der Waals surface area contributed by atoms with E-state index in [2.05, 4.69) is 10.6 Å². The minimum absolute atomic E-state index is 0.222. The minimum atomic E-state index is -0.222. The summed E-state index contributed by atoms with van der Waals surface area (Å²) >= 11 is 17.2. The normalized spacial score (nSPS) is 10.4. The highest BCUT2D eigenvalue weighted by molar-refractivity contribution is 7.80. The highest BCUT2D eigenvalue weighted by Gasteiger charge is 2.02. The third kappa shape index (κ3) is 6.34. The molecule has 23 heavy (non-hydrogen) atoms. The Balaban J connectivity index is 1.66. The first-order valence-electron chi connectivity index (χ1n) is 7.24. The summed E-state index contributed by atoms with van der Waals surface area (Å²) < 4.78 is 12.8. The summed E-state index contributed by atoms with van der Waals surface area (Å²) in [7, 11) is 0. The van der Waals surface area contributed by atoms with Gasteiger partial charge in [0.15, 0.2) is 5.11 Å². The van der Waals surface area contributed by atoms with Crippen LogP contribution in [0, 0.1) is 5.82 Å². The molecule has 0 saturated heterocycles. The quantitative estimate of drug-likeness (QED) is 0.737. The van der Waals surface area contributed by atoms with E-state index in [1.165, 1.54) is 12.1 Å². The van der Waals surface area contributed by atoms with Crippen molar-refractivity contribution in [1.29, 1.82) is 0 Å². The molecule has 0 saturated carbocycles. The fraction of sp³-hybridized carbons (Fsp3) is 0.235. The predicted molar refractivity (Wildman–Crippen MR) is 98.9 cm³/mol. The second-order valence-electron chi connectivity index (χ2n) is 5.04.